The minimum Gasteiger partial charge on any atom is -0.337 e. The maximum Gasteiger partial charge on any atom is 0.177 e. The number of fused-ring (bicyclic) bond motifs is 2. The van der Waals surface area contributed by atoms with Gasteiger partial charge in [-0.25, -0.2) is 29.0 Å². The summed E-state index contributed by atoms with van der Waals surface area (Å²) in [6.07, 6.45) is 13.1. The van der Waals surface area contributed by atoms with Gasteiger partial charge in [0.1, 0.15) is 11.6 Å². The Bertz CT molecular complexity index is 2370. The third kappa shape index (κ3) is 6.68. The fourth-order valence-corrected chi connectivity index (χ4v) is 5.67. The second-order valence-electron chi connectivity index (χ2n) is 12.3. The topological polar surface area (TPSA) is 122 Å². The minimum absolute atomic E-state index is 0.642. The van der Waals surface area contributed by atoms with Crippen LogP contribution in [0, 0.1) is 27.7 Å². The van der Waals surface area contributed by atoms with Gasteiger partial charge in [-0.3, -0.25) is 9.97 Å². The molecule has 0 atom stereocenters. The Hall–Kier alpha value is -6.30. The van der Waals surface area contributed by atoms with Gasteiger partial charge < -0.3 is 9.13 Å². The summed E-state index contributed by atoms with van der Waals surface area (Å²) in [5.41, 5.74) is 9.49. The lowest BCUT2D eigenvalue weighted by atomic mass is 10.2. The van der Waals surface area contributed by atoms with Crippen molar-refractivity contribution in [2.45, 2.75) is 40.5 Å². The number of hydrogen-bond acceptors (Lipinski definition) is 8. The first-order chi connectivity index (χ1) is 24.2. The summed E-state index contributed by atoms with van der Waals surface area (Å²) in [6.45, 7) is 7.84. The van der Waals surface area contributed by atoms with E-state index in [0.29, 0.717) is 5.82 Å². The number of aryl methyl sites for hydroxylation is 8. The molecule has 0 amide bonds. The summed E-state index contributed by atoms with van der Waals surface area (Å²) < 4.78 is 7.75. The van der Waals surface area contributed by atoms with Gasteiger partial charge in [0.15, 0.2) is 22.9 Å². The number of rotatable bonds is 7. The van der Waals surface area contributed by atoms with Gasteiger partial charge in [0.05, 0.1) is 34.2 Å². The molecule has 0 unspecified atom stereocenters. The molecular formula is C38H38N12. The van der Waals surface area contributed by atoms with Crippen molar-refractivity contribution in [2.75, 3.05) is 0 Å². The molecule has 250 valence electrons. The molecule has 0 N–H and O–H groups in total. The lowest BCUT2D eigenvalue weighted by Gasteiger charge is -1.98. The number of aromatic nitrogens is 12. The highest BCUT2D eigenvalue weighted by Gasteiger charge is 2.12. The van der Waals surface area contributed by atoms with E-state index >= 15 is 0 Å². The third-order valence-electron chi connectivity index (χ3n) is 8.46. The first-order valence-electron chi connectivity index (χ1n) is 16.4. The summed E-state index contributed by atoms with van der Waals surface area (Å²) in [7, 11) is 4.01. The second kappa shape index (κ2) is 13.7. The Balaban J connectivity index is 0.000000157. The van der Waals surface area contributed by atoms with E-state index in [-0.39, 0.29) is 0 Å². The largest absolute Gasteiger partial charge is 0.337 e. The Morgan fingerprint density at radius 2 is 1.14 bits per heavy atom. The van der Waals surface area contributed by atoms with Crippen LogP contribution in [-0.2, 0) is 26.9 Å². The predicted octanol–water partition coefficient (Wildman–Crippen LogP) is 6.24. The third-order valence-corrected chi connectivity index (χ3v) is 8.46. The molecule has 0 bridgehead atoms. The van der Waals surface area contributed by atoms with E-state index in [1.165, 1.54) is 0 Å². The maximum atomic E-state index is 4.77. The van der Waals surface area contributed by atoms with E-state index in [2.05, 4.69) is 70.1 Å². The van der Waals surface area contributed by atoms with Crippen LogP contribution in [0.4, 0.5) is 0 Å². The first-order valence-corrected chi connectivity index (χ1v) is 16.4. The van der Waals surface area contributed by atoms with E-state index in [1.54, 1.807) is 6.20 Å². The molecule has 0 aliphatic carbocycles. The van der Waals surface area contributed by atoms with Crippen LogP contribution in [0.25, 0.3) is 46.0 Å². The van der Waals surface area contributed by atoms with Crippen LogP contribution in [0.2, 0.25) is 0 Å². The van der Waals surface area contributed by atoms with Crippen LogP contribution < -0.4 is 0 Å². The van der Waals surface area contributed by atoms with Gasteiger partial charge >= 0.3 is 0 Å². The Morgan fingerprint density at radius 1 is 0.580 bits per heavy atom. The SMILES string of the molecule is Cc1ncc(C)n2nc(/C=C/c3nc(-c4ccccc4)cn3C)nc12.Cc1ncc(C)n2nc(CCc3nc(-c4ccccc4)cn3C)nc12. The van der Waals surface area contributed by atoms with Gasteiger partial charge in [0, 0.05) is 62.9 Å². The van der Waals surface area contributed by atoms with Gasteiger partial charge in [0.25, 0.3) is 0 Å². The Labute approximate surface area is 289 Å². The van der Waals surface area contributed by atoms with Crippen molar-refractivity contribution in [3.05, 3.63) is 132 Å². The Kier molecular flexibility index (Phi) is 8.82. The molecule has 12 nitrogen and oxygen atoms in total. The molecule has 50 heavy (non-hydrogen) atoms. The summed E-state index contributed by atoms with van der Waals surface area (Å²) in [5.74, 6) is 3.35. The van der Waals surface area contributed by atoms with Crippen LogP contribution >= 0.6 is 0 Å². The molecular weight excluding hydrogens is 625 g/mol. The molecule has 0 spiro atoms. The molecule has 0 aliphatic heterocycles. The van der Waals surface area contributed by atoms with E-state index in [0.717, 1.165) is 86.9 Å². The first kappa shape index (κ1) is 32.3. The van der Waals surface area contributed by atoms with Crippen molar-refractivity contribution in [3.63, 3.8) is 0 Å². The van der Waals surface area contributed by atoms with Gasteiger partial charge in [-0.2, -0.15) is 5.10 Å². The molecule has 12 heteroatoms. The zero-order chi connectivity index (χ0) is 34.8. The minimum atomic E-state index is 0.642. The Morgan fingerprint density at radius 3 is 1.74 bits per heavy atom. The van der Waals surface area contributed by atoms with Crippen LogP contribution in [-0.4, -0.2) is 58.3 Å². The van der Waals surface area contributed by atoms with E-state index in [4.69, 9.17) is 4.98 Å². The van der Waals surface area contributed by atoms with Crippen molar-refractivity contribution in [1.29, 1.82) is 0 Å². The summed E-state index contributed by atoms with van der Waals surface area (Å²) >= 11 is 0. The van der Waals surface area contributed by atoms with Crippen LogP contribution in [0.1, 0.15) is 46.1 Å². The predicted molar refractivity (Wildman–Crippen MR) is 194 cm³/mol. The van der Waals surface area contributed by atoms with Crippen LogP contribution in [0.5, 0.6) is 0 Å². The zero-order valence-electron chi connectivity index (χ0n) is 29.0. The fourth-order valence-electron chi connectivity index (χ4n) is 5.67. The summed E-state index contributed by atoms with van der Waals surface area (Å²) in [6, 6.07) is 20.4. The van der Waals surface area contributed by atoms with Crippen molar-refractivity contribution < 1.29 is 0 Å². The fraction of sp³-hybridized carbons (Fsp3) is 0.211. The number of hydrogen-bond donors (Lipinski definition) is 0. The van der Waals surface area contributed by atoms with E-state index in [9.17, 15) is 0 Å². The van der Waals surface area contributed by atoms with Gasteiger partial charge in [0.2, 0.25) is 0 Å². The normalized spacial score (nSPS) is 11.5. The molecule has 0 saturated carbocycles. The van der Waals surface area contributed by atoms with Crippen LogP contribution in [0.15, 0.2) is 85.5 Å². The number of benzene rings is 2. The monoisotopic (exact) mass is 662 g/mol. The maximum absolute atomic E-state index is 4.77. The molecule has 0 aliphatic rings. The quantitative estimate of drug-likeness (QED) is 0.197. The zero-order valence-corrected chi connectivity index (χ0v) is 29.0. The van der Waals surface area contributed by atoms with E-state index in [1.807, 2.05) is 116 Å². The molecule has 8 rings (SSSR count). The van der Waals surface area contributed by atoms with Crippen molar-refractivity contribution in [3.8, 4) is 22.5 Å². The lowest BCUT2D eigenvalue weighted by Crippen LogP contribution is -2.01. The van der Waals surface area contributed by atoms with Gasteiger partial charge in [-0.05, 0) is 39.8 Å². The molecule has 6 heterocycles. The van der Waals surface area contributed by atoms with Crippen molar-refractivity contribution in [2.24, 2.45) is 14.1 Å². The van der Waals surface area contributed by atoms with Crippen LogP contribution in [0.3, 0.4) is 0 Å². The summed E-state index contributed by atoms with van der Waals surface area (Å²) in [5, 5.41) is 9.14. The highest BCUT2D eigenvalue weighted by Crippen LogP contribution is 2.20. The highest BCUT2D eigenvalue weighted by molar-refractivity contribution is 5.67. The molecule has 0 saturated heterocycles. The molecule has 0 fully saturated rings. The average molecular weight is 663 g/mol. The number of nitrogens with zero attached hydrogens (tertiary/aromatic N) is 12. The molecule has 6 aromatic heterocycles. The number of imidazole rings is 2. The average Bonchev–Trinajstić information content (AvgIpc) is 3.93. The second-order valence-corrected chi connectivity index (χ2v) is 12.3. The molecule has 8 aromatic rings. The van der Waals surface area contributed by atoms with Crippen molar-refractivity contribution in [1.82, 2.24) is 58.3 Å². The highest BCUT2D eigenvalue weighted by atomic mass is 15.3. The molecule has 2 aromatic carbocycles. The standard InChI is InChI=1S/C19H20N6.C19H18N6/c2*1-13-11-20-14(2)19-22-17(23-25(13)19)9-10-18-21-16(12-24(18)3)15-7-5-4-6-8-15/h4-8,11-12H,9-10H2,1-3H3;4-12H,1-3H3/b;10-9+. The van der Waals surface area contributed by atoms with E-state index < -0.39 is 0 Å². The van der Waals surface area contributed by atoms with Gasteiger partial charge in [-0.15, -0.1) is 5.10 Å². The van der Waals surface area contributed by atoms with Gasteiger partial charge in [-0.1, -0.05) is 60.7 Å². The smallest absolute Gasteiger partial charge is 0.177 e. The van der Waals surface area contributed by atoms with Crippen molar-refractivity contribution >= 4 is 23.4 Å². The molecule has 0 radical (unpaired) electrons. The summed E-state index contributed by atoms with van der Waals surface area (Å²) in [4.78, 5) is 27.3. The lowest BCUT2D eigenvalue weighted by molar-refractivity contribution is 0.742.